The van der Waals surface area contributed by atoms with Gasteiger partial charge in [-0.3, -0.25) is 9.59 Å². The van der Waals surface area contributed by atoms with E-state index in [0.29, 0.717) is 12.3 Å². The van der Waals surface area contributed by atoms with Crippen molar-refractivity contribution >= 4 is 23.4 Å². The van der Waals surface area contributed by atoms with E-state index in [1.54, 1.807) is 6.08 Å². The summed E-state index contributed by atoms with van der Waals surface area (Å²) in [7, 11) is 1.42. The molecule has 3 nitrogen and oxygen atoms in total. The summed E-state index contributed by atoms with van der Waals surface area (Å²) >= 11 is 5.95. The maximum absolute atomic E-state index is 12.1. The number of carbonyl (C=O) groups is 2. The van der Waals surface area contributed by atoms with Gasteiger partial charge in [0.2, 0.25) is 0 Å². The average molecular weight is 359 g/mol. The number of rotatable bonds is 16. The first-order valence-electron chi connectivity index (χ1n) is 9.48. The Morgan fingerprint density at radius 2 is 1.67 bits per heavy atom. The van der Waals surface area contributed by atoms with Crippen molar-refractivity contribution in [2.75, 3.05) is 13.0 Å². The molecule has 0 bridgehead atoms. The molecule has 0 heterocycles. The van der Waals surface area contributed by atoms with E-state index >= 15 is 0 Å². The van der Waals surface area contributed by atoms with E-state index in [-0.39, 0.29) is 17.7 Å². The van der Waals surface area contributed by atoms with Gasteiger partial charge in [0.25, 0.3) is 0 Å². The molecular formula is C20H35ClO3. The number of carbonyl (C=O) groups excluding carboxylic acids is 2. The number of esters is 1. The lowest BCUT2D eigenvalue weighted by atomic mass is 9.97. The predicted octanol–water partition coefficient (Wildman–Crippen LogP) is 5.84. The first-order valence-corrected chi connectivity index (χ1v) is 10.0. The van der Waals surface area contributed by atoms with Crippen LogP contribution in [0.2, 0.25) is 0 Å². The van der Waals surface area contributed by atoms with Crippen molar-refractivity contribution < 1.29 is 14.3 Å². The van der Waals surface area contributed by atoms with Crippen LogP contribution >= 0.6 is 11.6 Å². The van der Waals surface area contributed by atoms with Crippen LogP contribution in [0.25, 0.3) is 0 Å². The summed E-state index contributed by atoms with van der Waals surface area (Å²) in [6, 6.07) is 0. The van der Waals surface area contributed by atoms with Crippen LogP contribution in [0.4, 0.5) is 0 Å². The van der Waals surface area contributed by atoms with Crippen molar-refractivity contribution in [2.45, 2.75) is 84.0 Å². The van der Waals surface area contributed by atoms with E-state index < -0.39 is 0 Å². The van der Waals surface area contributed by atoms with E-state index in [1.807, 2.05) is 6.08 Å². The molecule has 0 saturated carbocycles. The third kappa shape index (κ3) is 13.6. The summed E-state index contributed by atoms with van der Waals surface area (Å²) in [5.41, 5.74) is 0. The maximum Gasteiger partial charge on any atom is 0.305 e. The van der Waals surface area contributed by atoms with E-state index in [1.165, 1.54) is 26.4 Å². The second-order valence-corrected chi connectivity index (χ2v) is 6.70. The SMILES string of the molecule is CCCCCC/C=C/C(=O)C(CCl)CCCCCCCC(=O)OC. The predicted molar refractivity (Wildman–Crippen MR) is 101 cm³/mol. The van der Waals surface area contributed by atoms with Gasteiger partial charge in [0.1, 0.15) is 0 Å². The summed E-state index contributed by atoms with van der Waals surface area (Å²) in [6.07, 6.45) is 16.1. The highest BCUT2D eigenvalue weighted by atomic mass is 35.5. The molecule has 0 aliphatic rings. The number of ketones is 1. The van der Waals surface area contributed by atoms with Crippen LogP contribution in [0.5, 0.6) is 0 Å². The molecule has 0 aliphatic heterocycles. The van der Waals surface area contributed by atoms with Crippen molar-refractivity contribution in [1.29, 1.82) is 0 Å². The summed E-state index contributed by atoms with van der Waals surface area (Å²) in [4.78, 5) is 23.1. The van der Waals surface area contributed by atoms with Crippen LogP contribution in [0.3, 0.4) is 0 Å². The molecule has 140 valence electrons. The molecule has 24 heavy (non-hydrogen) atoms. The van der Waals surface area contributed by atoms with Gasteiger partial charge in [0, 0.05) is 18.2 Å². The minimum absolute atomic E-state index is 0.0476. The molecule has 0 rings (SSSR count). The molecule has 0 N–H and O–H groups in total. The highest BCUT2D eigenvalue weighted by molar-refractivity contribution is 6.19. The van der Waals surface area contributed by atoms with Crippen molar-refractivity contribution in [2.24, 2.45) is 5.92 Å². The molecule has 0 aliphatic carbocycles. The molecular weight excluding hydrogens is 324 g/mol. The van der Waals surface area contributed by atoms with Gasteiger partial charge in [-0.2, -0.15) is 0 Å². The molecule has 1 atom stereocenters. The minimum atomic E-state index is -0.135. The van der Waals surface area contributed by atoms with E-state index in [9.17, 15) is 9.59 Å². The number of unbranched alkanes of at least 4 members (excludes halogenated alkanes) is 8. The molecule has 0 amide bonds. The average Bonchev–Trinajstić information content (AvgIpc) is 2.59. The molecule has 0 fully saturated rings. The Kier molecular flexibility index (Phi) is 16.4. The lowest BCUT2D eigenvalue weighted by Crippen LogP contribution is -2.13. The van der Waals surface area contributed by atoms with Crippen LogP contribution in [0.1, 0.15) is 84.0 Å². The summed E-state index contributed by atoms with van der Waals surface area (Å²) in [6.45, 7) is 2.20. The zero-order valence-electron chi connectivity index (χ0n) is 15.5. The van der Waals surface area contributed by atoms with Crippen molar-refractivity contribution in [3.63, 3.8) is 0 Å². The molecule has 0 aromatic heterocycles. The molecule has 1 unspecified atom stereocenters. The summed E-state index contributed by atoms with van der Waals surface area (Å²) in [5.74, 6) is 0.394. The van der Waals surface area contributed by atoms with Crippen molar-refractivity contribution in [3.8, 4) is 0 Å². The van der Waals surface area contributed by atoms with Crippen molar-refractivity contribution in [3.05, 3.63) is 12.2 Å². The van der Waals surface area contributed by atoms with E-state index in [2.05, 4.69) is 11.7 Å². The standard InChI is InChI=1S/C20H35ClO3/c1-3-4-5-6-9-12-15-19(22)18(17-21)14-11-8-7-10-13-16-20(23)24-2/h12,15,18H,3-11,13-14,16-17H2,1-2H3/b15-12+. The molecule has 4 heteroatoms. The van der Waals surface area contributed by atoms with Crippen LogP contribution in [-0.4, -0.2) is 24.7 Å². The van der Waals surface area contributed by atoms with Crippen LogP contribution in [0, 0.1) is 5.92 Å². The molecule has 0 saturated heterocycles. The monoisotopic (exact) mass is 358 g/mol. The maximum atomic E-state index is 12.1. The number of halogens is 1. The fourth-order valence-corrected chi connectivity index (χ4v) is 2.92. The first kappa shape index (κ1) is 23.2. The lowest BCUT2D eigenvalue weighted by molar-refractivity contribution is -0.140. The van der Waals surface area contributed by atoms with E-state index in [0.717, 1.165) is 51.4 Å². The van der Waals surface area contributed by atoms with Gasteiger partial charge in [-0.1, -0.05) is 57.9 Å². The normalized spacial score (nSPS) is 12.5. The van der Waals surface area contributed by atoms with Gasteiger partial charge < -0.3 is 4.74 Å². The number of alkyl halides is 1. The van der Waals surface area contributed by atoms with Gasteiger partial charge in [-0.15, -0.1) is 11.6 Å². The number of methoxy groups -OCH3 is 1. The van der Waals surface area contributed by atoms with Gasteiger partial charge in [0.05, 0.1) is 7.11 Å². The molecule has 0 aromatic rings. The molecule has 0 spiro atoms. The quantitative estimate of drug-likeness (QED) is 0.151. The first-order chi connectivity index (χ1) is 11.7. The highest BCUT2D eigenvalue weighted by Crippen LogP contribution is 2.16. The number of hydrogen-bond donors (Lipinski definition) is 0. The Hall–Kier alpha value is -0.830. The zero-order chi connectivity index (χ0) is 18.0. The second kappa shape index (κ2) is 17.0. The van der Waals surface area contributed by atoms with Gasteiger partial charge >= 0.3 is 5.97 Å². The Morgan fingerprint density at radius 1 is 1.00 bits per heavy atom. The number of hydrogen-bond acceptors (Lipinski definition) is 3. The van der Waals surface area contributed by atoms with Gasteiger partial charge in [-0.25, -0.2) is 0 Å². The molecule has 0 aromatic carbocycles. The number of ether oxygens (including phenoxy) is 1. The lowest BCUT2D eigenvalue weighted by Gasteiger charge is -2.10. The minimum Gasteiger partial charge on any atom is -0.469 e. The third-order valence-electron chi connectivity index (χ3n) is 4.26. The topological polar surface area (TPSA) is 43.4 Å². The number of allylic oxidation sites excluding steroid dienone is 2. The van der Waals surface area contributed by atoms with Crippen LogP contribution in [0.15, 0.2) is 12.2 Å². The summed E-state index contributed by atoms with van der Waals surface area (Å²) in [5, 5.41) is 0. The third-order valence-corrected chi connectivity index (χ3v) is 4.63. The van der Waals surface area contributed by atoms with Crippen molar-refractivity contribution in [1.82, 2.24) is 0 Å². The molecule has 0 radical (unpaired) electrons. The van der Waals surface area contributed by atoms with E-state index in [4.69, 9.17) is 11.6 Å². The zero-order valence-corrected chi connectivity index (χ0v) is 16.3. The highest BCUT2D eigenvalue weighted by Gasteiger charge is 2.14. The fourth-order valence-electron chi connectivity index (χ4n) is 2.61. The smallest absolute Gasteiger partial charge is 0.305 e. The Bertz CT molecular complexity index is 353. The summed E-state index contributed by atoms with van der Waals surface area (Å²) < 4.78 is 4.61. The van der Waals surface area contributed by atoms with Gasteiger partial charge in [0.15, 0.2) is 5.78 Å². The van der Waals surface area contributed by atoms with Crippen LogP contribution in [-0.2, 0) is 14.3 Å². The van der Waals surface area contributed by atoms with Gasteiger partial charge in [-0.05, 0) is 31.8 Å². The van der Waals surface area contributed by atoms with Crippen LogP contribution < -0.4 is 0 Å². The fraction of sp³-hybridized carbons (Fsp3) is 0.800. The Morgan fingerprint density at radius 3 is 2.33 bits per heavy atom. The Balaban J connectivity index is 3.71. The second-order valence-electron chi connectivity index (χ2n) is 6.39. The largest absolute Gasteiger partial charge is 0.469 e. The Labute approximate surface area is 153 Å².